The second-order valence-corrected chi connectivity index (χ2v) is 1.98. The molecule has 0 unspecified atom stereocenters. The molecule has 0 fully saturated rings. The van der Waals surface area contributed by atoms with Crippen molar-refractivity contribution in [3.05, 3.63) is 0 Å². The molecule has 0 atom stereocenters. The molecule has 44 valence electrons. The summed E-state index contributed by atoms with van der Waals surface area (Å²) in [5.74, 6) is 0.0972. The van der Waals surface area contributed by atoms with E-state index < -0.39 is 0 Å². The molecule has 0 heterocycles. The van der Waals surface area contributed by atoms with E-state index in [1.165, 1.54) is 4.90 Å². The number of alkyl halides is 1. The van der Waals surface area contributed by atoms with Crippen molar-refractivity contribution in [3.8, 4) is 0 Å². The van der Waals surface area contributed by atoms with E-state index in [1.807, 2.05) is 0 Å². The van der Waals surface area contributed by atoms with Crippen molar-refractivity contribution in [3.63, 3.8) is 0 Å². The summed E-state index contributed by atoms with van der Waals surface area (Å²) < 4.78 is 0. The predicted octanol–water partition coefficient (Wildman–Crippen LogP) is -0.179. The molecule has 0 aliphatic heterocycles. The van der Waals surface area contributed by atoms with Gasteiger partial charge in [0.2, 0.25) is 5.91 Å². The number of hydrogen-bond donors (Lipinski definition) is 0. The molecule has 0 bridgehead atoms. The maximum absolute atomic E-state index is 10.4. The Morgan fingerprint density at radius 1 is 1.62 bits per heavy atom. The van der Waals surface area contributed by atoms with Crippen LogP contribution in [0.4, 0.5) is 0 Å². The molecule has 0 aromatic carbocycles. The quantitative estimate of drug-likeness (QED) is 0.399. The monoisotopic (exact) mass is 173 g/mol. The van der Waals surface area contributed by atoms with Crippen LogP contribution in [-0.2, 0) is 4.79 Å². The first-order valence-electron chi connectivity index (χ1n) is 1.94. The molecule has 0 aliphatic rings. The Bertz CT molecular complexity index is 76.4. The van der Waals surface area contributed by atoms with Gasteiger partial charge in [-0.2, -0.15) is 0 Å². The Balaban J connectivity index is 0. The molecule has 0 saturated heterocycles. The average molecular weight is 174 g/mol. The number of carbonyl (C=O) groups is 1. The van der Waals surface area contributed by atoms with Gasteiger partial charge in [0.1, 0.15) is 0 Å². The average Bonchev–Trinajstić information content (AvgIpc) is 1.65. The topological polar surface area (TPSA) is 20.3 Å². The Morgan fingerprint density at radius 2 is 2.00 bits per heavy atom. The molecule has 4 heteroatoms. The molecule has 0 spiro atoms. The van der Waals surface area contributed by atoms with E-state index in [2.05, 4.69) is 15.9 Å². The minimum atomic E-state index is 0. The van der Waals surface area contributed by atoms with Crippen LogP contribution in [0.5, 0.6) is 0 Å². The normalized spacial score (nSPS) is 7.38. The van der Waals surface area contributed by atoms with Gasteiger partial charge in [0.05, 0.1) is 5.33 Å². The van der Waals surface area contributed by atoms with Gasteiger partial charge in [-0.15, -0.1) is 0 Å². The number of hydrogen-bond acceptors (Lipinski definition) is 1. The van der Waals surface area contributed by atoms with Gasteiger partial charge in [-0.3, -0.25) is 4.79 Å². The summed E-state index contributed by atoms with van der Waals surface area (Å²) in [7, 11) is 3.45. The molecule has 0 aliphatic carbocycles. The van der Waals surface area contributed by atoms with E-state index in [1.54, 1.807) is 14.1 Å². The van der Waals surface area contributed by atoms with Crippen LogP contribution < -0.4 is 0 Å². The molecule has 8 heavy (non-hydrogen) atoms. The second-order valence-electron chi connectivity index (χ2n) is 1.42. The van der Waals surface area contributed by atoms with Crippen molar-refractivity contribution >= 4 is 40.7 Å². The zero-order valence-electron chi connectivity index (χ0n) is 4.44. The Morgan fingerprint density at radius 3 is 2.00 bits per heavy atom. The fourth-order valence-electron chi connectivity index (χ4n) is 0.120. The molecule has 0 aromatic rings. The van der Waals surface area contributed by atoms with Gasteiger partial charge in [-0.05, 0) is 0 Å². The third kappa shape index (κ3) is 4.70. The van der Waals surface area contributed by atoms with Crippen LogP contribution in [0.2, 0.25) is 0 Å². The number of carbonyl (C=O) groups excluding carboxylic acids is 1. The maximum atomic E-state index is 10.4. The SMILES string of the molecule is CN(C)C(=O)CBr.[LiH]. The minimum absolute atomic E-state index is 0. The number of halogens is 1. The number of rotatable bonds is 1. The molecule has 0 rings (SSSR count). The summed E-state index contributed by atoms with van der Waals surface area (Å²) in [6.07, 6.45) is 0. The summed E-state index contributed by atoms with van der Waals surface area (Å²) in [6.45, 7) is 0. The van der Waals surface area contributed by atoms with Gasteiger partial charge in [0.25, 0.3) is 0 Å². The predicted molar refractivity (Wildman–Crippen MR) is 39.6 cm³/mol. The van der Waals surface area contributed by atoms with Gasteiger partial charge < -0.3 is 4.90 Å². The fraction of sp³-hybridized carbons (Fsp3) is 0.750. The molecule has 0 saturated carbocycles. The van der Waals surface area contributed by atoms with Crippen LogP contribution in [0.25, 0.3) is 0 Å². The zero-order chi connectivity index (χ0) is 5.86. The van der Waals surface area contributed by atoms with Crippen LogP contribution in [0.1, 0.15) is 0 Å². The Kier molecular flexibility index (Phi) is 8.06. The molecule has 0 radical (unpaired) electrons. The van der Waals surface area contributed by atoms with E-state index in [0.29, 0.717) is 5.33 Å². The van der Waals surface area contributed by atoms with Crippen molar-refractivity contribution in [2.45, 2.75) is 0 Å². The summed E-state index contributed by atoms with van der Waals surface area (Å²) in [5, 5.41) is 0.417. The molecule has 1 amide bonds. The van der Waals surface area contributed by atoms with Crippen LogP contribution in [0, 0.1) is 0 Å². The van der Waals surface area contributed by atoms with Crippen molar-refractivity contribution in [1.82, 2.24) is 4.90 Å². The second kappa shape index (κ2) is 5.68. The molecule has 0 aromatic heterocycles. The van der Waals surface area contributed by atoms with Gasteiger partial charge in [-0.1, -0.05) is 15.9 Å². The third-order valence-electron chi connectivity index (χ3n) is 0.613. The van der Waals surface area contributed by atoms with Crippen molar-refractivity contribution in [2.24, 2.45) is 0 Å². The van der Waals surface area contributed by atoms with Gasteiger partial charge in [0, 0.05) is 14.1 Å². The number of nitrogens with zero attached hydrogens (tertiary/aromatic N) is 1. The summed E-state index contributed by atoms with van der Waals surface area (Å²) >= 11 is 3.02. The van der Waals surface area contributed by atoms with Crippen LogP contribution in [0.3, 0.4) is 0 Å². The van der Waals surface area contributed by atoms with Crippen LogP contribution in [0.15, 0.2) is 0 Å². The first-order valence-corrected chi connectivity index (χ1v) is 3.06. The van der Waals surface area contributed by atoms with E-state index >= 15 is 0 Å². The zero-order valence-corrected chi connectivity index (χ0v) is 6.03. The first-order chi connectivity index (χ1) is 3.18. The Labute approximate surface area is 69.9 Å². The van der Waals surface area contributed by atoms with Crippen molar-refractivity contribution in [2.75, 3.05) is 19.4 Å². The fourth-order valence-corrected chi connectivity index (χ4v) is 0.621. The summed E-state index contributed by atoms with van der Waals surface area (Å²) in [6, 6.07) is 0. The van der Waals surface area contributed by atoms with E-state index in [0.717, 1.165) is 0 Å². The first kappa shape index (κ1) is 11.4. The van der Waals surface area contributed by atoms with Crippen LogP contribution in [-0.4, -0.2) is 49.1 Å². The number of amides is 1. The molecular formula is C4H9BrLiNO. The van der Waals surface area contributed by atoms with Crippen molar-refractivity contribution in [1.29, 1.82) is 0 Å². The summed E-state index contributed by atoms with van der Waals surface area (Å²) in [5.41, 5.74) is 0. The molecule has 2 nitrogen and oxygen atoms in total. The van der Waals surface area contributed by atoms with Gasteiger partial charge in [-0.25, -0.2) is 0 Å². The van der Waals surface area contributed by atoms with E-state index in [9.17, 15) is 4.79 Å². The summed E-state index contributed by atoms with van der Waals surface area (Å²) in [4.78, 5) is 11.9. The van der Waals surface area contributed by atoms with Gasteiger partial charge >= 0.3 is 18.9 Å². The van der Waals surface area contributed by atoms with Crippen LogP contribution >= 0.6 is 15.9 Å². The molecular weight excluding hydrogens is 165 g/mol. The standard InChI is InChI=1S/C4H8BrNO.Li.H/c1-6(2)4(7)3-5;;/h3H2,1-2H3;;. The molecule has 0 N–H and O–H groups in total. The van der Waals surface area contributed by atoms with Gasteiger partial charge in [0.15, 0.2) is 0 Å². The third-order valence-corrected chi connectivity index (χ3v) is 1.09. The van der Waals surface area contributed by atoms with E-state index in [4.69, 9.17) is 0 Å². The Hall–Kier alpha value is 0.547. The van der Waals surface area contributed by atoms with E-state index in [-0.39, 0.29) is 24.8 Å². The van der Waals surface area contributed by atoms with Crippen molar-refractivity contribution < 1.29 is 4.79 Å².